The number of ether oxygens (including phenoxy) is 3. The number of carbonyl (C=O) groups is 2. The maximum absolute atomic E-state index is 10.5. The molecule has 0 aliphatic carbocycles. The van der Waals surface area contributed by atoms with Crippen LogP contribution >= 0.6 is 0 Å². The molecule has 2 aromatic carbocycles. The van der Waals surface area contributed by atoms with Gasteiger partial charge in [0.2, 0.25) is 0 Å². The van der Waals surface area contributed by atoms with Crippen molar-refractivity contribution in [3.05, 3.63) is 58.7 Å². The van der Waals surface area contributed by atoms with E-state index in [-0.39, 0.29) is 12.1 Å². The lowest BCUT2D eigenvalue weighted by Gasteiger charge is -2.40. The van der Waals surface area contributed by atoms with Gasteiger partial charge in [-0.2, -0.15) is 0 Å². The molecule has 7 atom stereocenters. The van der Waals surface area contributed by atoms with E-state index in [1.807, 2.05) is 36.4 Å². The highest BCUT2D eigenvalue weighted by Gasteiger charge is 2.44. The number of aliphatic hydroxyl groups excluding tert-OH is 4. The van der Waals surface area contributed by atoms with Crippen LogP contribution in [0.25, 0.3) is 0 Å². The van der Waals surface area contributed by atoms with Crippen molar-refractivity contribution >= 4 is 11.9 Å². The summed E-state index contributed by atoms with van der Waals surface area (Å²) in [4.78, 5) is 20.3. The third kappa shape index (κ3) is 9.16. The van der Waals surface area contributed by atoms with Gasteiger partial charge in [-0.25, -0.2) is 0 Å². The Hall–Kier alpha value is -3.30. The van der Waals surface area contributed by atoms with E-state index in [1.54, 1.807) is 0 Å². The molecular formula is C33H46N2O11. The Labute approximate surface area is 268 Å². The lowest BCUT2D eigenvalue weighted by Crippen LogP contribution is -2.55. The average Bonchev–Trinajstić information content (AvgIpc) is 3.81. The SMILES string of the molecule is CCc1ccc([C@@H]2O[C@H](CO)[C@@H](O)[C@H](O)[C@H]2O)cc1Cc1ccc2c(c1)OCCO2.O=C(O)[C@@H]1CCCN1.O=C(O)[C@@H]1CCCN1. The topological polar surface area (TPSA) is 207 Å². The van der Waals surface area contributed by atoms with Crippen molar-refractivity contribution in [2.75, 3.05) is 32.9 Å². The highest BCUT2D eigenvalue weighted by Crippen LogP contribution is 2.35. The van der Waals surface area contributed by atoms with Gasteiger partial charge in [-0.1, -0.05) is 31.2 Å². The third-order valence-electron chi connectivity index (χ3n) is 8.55. The number of benzene rings is 2. The van der Waals surface area contributed by atoms with E-state index in [1.165, 1.54) is 5.56 Å². The number of carboxylic acid groups (broad SMARTS) is 2. The fraction of sp³-hybridized carbons (Fsp3) is 0.576. The molecule has 0 bridgehead atoms. The fourth-order valence-electron chi connectivity index (χ4n) is 5.92. The van der Waals surface area contributed by atoms with Crippen LogP contribution in [0.5, 0.6) is 11.5 Å². The Balaban J connectivity index is 0.000000243. The van der Waals surface area contributed by atoms with Crippen LogP contribution in [-0.4, -0.2) is 112 Å². The number of carboxylic acids is 2. The van der Waals surface area contributed by atoms with Crippen LogP contribution in [0.1, 0.15) is 61.0 Å². The second-order valence-electron chi connectivity index (χ2n) is 11.8. The molecule has 4 aliphatic heterocycles. The Morgan fingerprint density at radius 3 is 1.96 bits per heavy atom. The molecule has 3 fully saturated rings. The first-order valence-electron chi connectivity index (χ1n) is 15.9. The van der Waals surface area contributed by atoms with Gasteiger partial charge in [0.1, 0.15) is 55.8 Å². The summed E-state index contributed by atoms with van der Waals surface area (Å²) >= 11 is 0. The number of nitrogens with one attached hydrogen (secondary N) is 2. The number of aryl methyl sites for hydroxylation is 1. The molecule has 8 N–H and O–H groups in total. The van der Waals surface area contributed by atoms with Gasteiger partial charge in [-0.15, -0.1) is 0 Å². The van der Waals surface area contributed by atoms with Crippen molar-refractivity contribution in [3.63, 3.8) is 0 Å². The lowest BCUT2D eigenvalue weighted by molar-refractivity contribution is -0.231. The van der Waals surface area contributed by atoms with Crippen molar-refractivity contribution < 1.29 is 54.4 Å². The van der Waals surface area contributed by atoms with E-state index in [0.717, 1.165) is 67.8 Å². The Morgan fingerprint density at radius 1 is 0.804 bits per heavy atom. The van der Waals surface area contributed by atoms with E-state index in [9.17, 15) is 30.0 Å². The van der Waals surface area contributed by atoms with Crippen molar-refractivity contribution in [3.8, 4) is 11.5 Å². The van der Waals surface area contributed by atoms with Gasteiger partial charge < -0.3 is 55.5 Å². The van der Waals surface area contributed by atoms with E-state index in [4.69, 9.17) is 24.4 Å². The molecule has 13 heteroatoms. The molecule has 46 heavy (non-hydrogen) atoms. The smallest absolute Gasteiger partial charge is 0.320 e. The van der Waals surface area contributed by atoms with E-state index < -0.39 is 49.1 Å². The van der Waals surface area contributed by atoms with Crippen LogP contribution in [0.2, 0.25) is 0 Å². The monoisotopic (exact) mass is 646 g/mol. The number of hydrogen-bond donors (Lipinski definition) is 8. The molecule has 0 saturated carbocycles. The van der Waals surface area contributed by atoms with Gasteiger partial charge >= 0.3 is 11.9 Å². The fourth-order valence-corrected chi connectivity index (χ4v) is 5.92. The summed E-state index contributed by atoms with van der Waals surface area (Å²) in [6.45, 7) is 4.43. The highest BCUT2D eigenvalue weighted by atomic mass is 16.6. The Kier molecular flexibility index (Phi) is 13.2. The molecule has 3 saturated heterocycles. The van der Waals surface area contributed by atoms with E-state index in [0.29, 0.717) is 25.2 Å². The maximum atomic E-state index is 10.5. The summed E-state index contributed by atoms with van der Waals surface area (Å²) in [7, 11) is 0. The molecule has 0 radical (unpaired) electrons. The molecule has 0 aromatic heterocycles. The van der Waals surface area contributed by atoms with Gasteiger partial charge in [0.25, 0.3) is 0 Å². The normalized spacial score (nSPS) is 28.3. The van der Waals surface area contributed by atoms with Crippen LogP contribution in [0, 0.1) is 0 Å². The predicted molar refractivity (Wildman–Crippen MR) is 166 cm³/mol. The molecule has 0 unspecified atom stereocenters. The zero-order valence-electron chi connectivity index (χ0n) is 26.0. The molecule has 0 spiro atoms. The maximum Gasteiger partial charge on any atom is 0.320 e. The zero-order chi connectivity index (χ0) is 33.2. The largest absolute Gasteiger partial charge is 0.486 e. The third-order valence-corrected chi connectivity index (χ3v) is 8.55. The van der Waals surface area contributed by atoms with Crippen molar-refractivity contribution in [2.24, 2.45) is 0 Å². The standard InChI is InChI=1S/C23H28O7.2C5H9NO2/c1-2-14-4-5-15(23-22(27)21(26)20(25)19(12-24)30-23)11-16(14)9-13-3-6-17-18(10-13)29-8-7-28-17;2*7-5(8)4-2-1-3-6-4/h3-6,10-11,19-27H,2,7-9,12H2,1H3;2*4,6H,1-3H2,(H,7,8)/t19-,20-,21+,22-,23+;2*4-/m100/s1. The Morgan fingerprint density at radius 2 is 1.43 bits per heavy atom. The van der Waals surface area contributed by atoms with Gasteiger partial charge in [0.05, 0.1) is 6.61 Å². The van der Waals surface area contributed by atoms with Crippen LogP contribution in [-0.2, 0) is 27.2 Å². The molecule has 6 rings (SSSR count). The van der Waals surface area contributed by atoms with Crippen molar-refractivity contribution in [1.82, 2.24) is 10.6 Å². The first-order chi connectivity index (χ1) is 22.1. The molecule has 4 aliphatic rings. The highest BCUT2D eigenvalue weighted by molar-refractivity contribution is 5.74. The number of aliphatic carboxylic acids is 2. The number of hydrogen-bond acceptors (Lipinski definition) is 11. The first kappa shape index (κ1) is 35.6. The second-order valence-corrected chi connectivity index (χ2v) is 11.8. The van der Waals surface area contributed by atoms with Crippen LogP contribution in [0.3, 0.4) is 0 Å². The molecule has 254 valence electrons. The molecule has 0 amide bonds. The van der Waals surface area contributed by atoms with E-state index >= 15 is 0 Å². The van der Waals surface area contributed by atoms with Crippen LogP contribution in [0.4, 0.5) is 0 Å². The predicted octanol–water partition coefficient (Wildman–Crippen LogP) is 0.772. The quantitative estimate of drug-likeness (QED) is 0.210. The minimum absolute atomic E-state index is 0.269. The molecule has 13 nitrogen and oxygen atoms in total. The van der Waals surface area contributed by atoms with Gasteiger partial charge in [0.15, 0.2) is 11.5 Å². The first-order valence-corrected chi connectivity index (χ1v) is 15.9. The summed E-state index contributed by atoms with van der Waals surface area (Å²) in [5.41, 5.74) is 4.00. The minimum Gasteiger partial charge on any atom is -0.486 e. The number of aliphatic hydroxyl groups is 4. The number of fused-ring (bicyclic) bond motifs is 1. The van der Waals surface area contributed by atoms with Gasteiger partial charge in [-0.05, 0) is 86.0 Å². The lowest BCUT2D eigenvalue weighted by atomic mass is 9.88. The van der Waals surface area contributed by atoms with Crippen molar-refractivity contribution in [1.29, 1.82) is 0 Å². The minimum atomic E-state index is -1.40. The van der Waals surface area contributed by atoms with Crippen LogP contribution in [0.15, 0.2) is 36.4 Å². The van der Waals surface area contributed by atoms with E-state index in [2.05, 4.69) is 17.6 Å². The average molecular weight is 647 g/mol. The van der Waals surface area contributed by atoms with Crippen molar-refractivity contribution in [2.45, 2.75) is 88.1 Å². The number of rotatable bonds is 7. The molecule has 4 heterocycles. The summed E-state index contributed by atoms with van der Waals surface area (Å²) in [6.07, 6.45) is -0.761. The second kappa shape index (κ2) is 17.0. The summed E-state index contributed by atoms with van der Waals surface area (Å²) in [5.74, 6) is 0.0441. The Bertz CT molecular complexity index is 1270. The van der Waals surface area contributed by atoms with Crippen LogP contribution < -0.4 is 20.1 Å². The zero-order valence-corrected chi connectivity index (χ0v) is 26.0. The summed E-state index contributed by atoms with van der Waals surface area (Å²) in [6, 6.07) is 11.2. The van der Waals surface area contributed by atoms with Gasteiger partial charge in [-0.3, -0.25) is 9.59 Å². The summed E-state index contributed by atoms with van der Waals surface area (Å²) < 4.78 is 17.0. The summed E-state index contributed by atoms with van der Waals surface area (Å²) in [5, 5.41) is 62.5. The van der Waals surface area contributed by atoms with Gasteiger partial charge in [0, 0.05) is 0 Å². The molecule has 2 aromatic rings. The molecular weight excluding hydrogens is 600 g/mol.